The van der Waals surface area contributed by atoms with Gasteiger partial charge in [0.25, 0.3) is 0 Å². The lowest BCUT2D eigenvalue weighted by atomic mass is 9.72. The molecule has 0 bridgehead atoms. The molecule has 92 valence electrons. The Balaban J connectivity index is 2.16. The van der Waals surface area contributed by atoms with Crippen LogP contribution in [0.3, 0.4) is 0 Å². The highest BCUT2D eigenvalue weighted by Crippen LogP contribution is 2.47. The molecule has 1 aromatic rings. The molecule has 0 unspecified atom stereocenters. The van der Waals surface area contributed by atoms with Crippen LogP contribution in [0.4, 0.5) is 0 Å². The molecule has 1 fully saturated rings. The molecule has 0 amide bonds. The zero-order chi connectivity index (χ0) is 12.3. The van der Waals surface area contributed by atoms with Gasteiger partial charge in [-0.2, -0.15) is 5.10 Å². The van der Waals surface area contributed by atoms with Crippen LogP contribution in [0.1, 0.15) is 25.3 Å². The summed E-state index contributed by atoms with van der Waals surface area (Å²) < 4.78 is 8.95. The Kier molecular flexibility index (Phi) is 3.84. The van der Waals surface area contributed by atoms with Crippen LogP contribution in [0.2, 0.25) is 0 Å². The van der Waals surface area contributed by atoms with Gasteiger partial charge in [-0.15, -0.1) is 13.2 Å². The minimum absolute atomic E-state index is 0.151. The molecule has 1 heterocycles. The van der Waals surface area contributed by atoms with Crippen LogP contribution in [0, 0.1) is 0 Å². The number of hydrogen-bond acceptors (Lipinski definition) is 2. The number of ether oxygens (including phenoxy) is 1. The molecule has 0 spiro atoms. The second-order valence-corrected chi connectivity index (χ2v) is 5.27. The summed E-state index contributed by atoms with van der Waals surface area (Å²) in [4.78, 5) is 0. The SMILES string of the molecule is C=CCO[C@@]1(CC=C)CC[C@H]1n1cc(Br)cn1. The molecule has 1 aliphatic carbocycles. The van der Waals surface area contributed by atoms with E-state index in [-0.39, 0.29) is 5.60 Å². The molecule has 3 nitrogen and oxygen atoms in total. The Labute approximate surface area is 110 Å². The van der Waals surface area contributed by atoms with Gasteiger partial charge in [0, 0.05) is 6.20 Å². The third-order valence-electron chi connectivity index (χ3n) is 3.32. The van der Waals surface area contributed by atoms with Crippen molar-refractivity contribution in [1.82, 2.24) is 9.78 Å². The van der Waals surface area contributed by atoms with Crippen molar-refractivity contribution < 1.29 is 4.74 Å². The van der Waals surface area contributed by atoms with E-state index in [1.807, 2.05) is 23.2 Å². The summed E-state index contributed by atoms with van der Waals surface area (Å²) in [7, 11) is 0. The van der Waals surface area contributed by atoms with Crippen molar-refractivity contribution in [3.05, 3.63) is 42.2 Å². The highest BCUT2D eigenvalue weighted by atomic mass is 79.9. The van der Waals surface area contributed by atoms with Gasteiger partial charge in [0.2, 0.25) is 0 Å². The van der Waals surface area contributed by atoms with Crippen molar-refractivity contribution in [1.29, 1.82) is 0 Å². The van der Waals surface area contributed by atoms with Crippen molar-refractivity contribution in [2.75, 3.05) is 6.61 Å². The molecule has 4 heteroatoms. The van der Waals surface area contributed by atoms with E-state index in [1.165, 1.54) is 0 Å². The zero-order valence-electron chi connectivity index (χ0n) is 9.81. The topological polar surface area (TPSA) is 27.1 Å². The first-order valence-electron chi connectivity index (χ1n) is 5.77. The molecule has 0 aromatic carbocycles. The monoisotopic (exact) mass is 296 g/mol. The van der Waals surface area contributed by atoms with Gasteiger partial charge in [-0.1, -0.05) is 12.2 Å². The minimum atomic E-state index is -0.151. The first kappa shape index (κ1) is 12.6. The average Bonchev–Trinajstić information content (AvgIpc) is 2.69. The molecule has 1 saturated carbocycles. The molecule has 0 saturated heterocycles. The molecule has 1 aliphatic rings. The molecule has 17 heavy (non-hydrogen) atoms. The predicted octanol–water partition coefficient (Wildman–Crippen LogP) is 3.50. The Morgan fingerprint density at radius 2 is 2.41 bits per heavy atom. The third-order valence-corrected chi connectivity index (χ3v) is 3.73. The van der Waals surface area contributed by atoms with E-state index in [2.05, 4.69) is 34.2 Å². The predicted molar refractivity (Wildman–Crippen MR) is 71.9 cm³/mol. The van der Waals surface area contributed by atoms with Gasteiger partial charge >= 0.3 is 0 Å². The zero-order valence-corrected chi connectivity index (χ0v) is 11.4. The van der Waals surface area contributed by atoms with Crippen molar-refractivity contribution >= 4 is 15.9 Å². The highest BCUT2D eigenvalue weighted by molar-refractivity contribution is 9.10. The van der Waals surface area contributed by atoms with Gasteiger partial charge in [0.05, 0.1) is 28.9 Å². The first-order chi connectivity index (χ1) is 8.22. The van der Waals surface area contributed by atoms with Crippen LogP contribution in [0.5, 0.6) is 0 Å². The van der Waals surface area contributed by atoms with Crippen LogP contribution in [0.15, 0.2) is 42.2 Å². The molecular weight excluding hydrogens is 280 g/mol. The van der Waals surface area contributed by atoms with Crippen LogP contribution >= 0.6 is 15.9 Å². The summed E-state index contributed by atoms with van der Waals surface area (Å²) >= 11 is 3.42. The van der Waals surface area contributed by atoms with Crippen molar-refractivity contribution in [2.45, 2.75) is 30.9 Å². The Hall–Kier alpha value is -0.870. The van der Waals surface area contributed by atoms with E-state index in [0.29, 0.717) is 12.6 Å². The molecule has 0 radical (unpaired) electrons. The van der Waals surface area contributed by atoms with E-state index in [4.69, 9.17) is 4.74 Å². The van der Waals surface area contributed by atoms with Crippen molar-refractivity contribution in [2.24, 2.45) is 0 Å². The number of halogens is 1. The van der Waals surface area contributed by atoms with Gasteiger partial charge in [-0.3, -0.25) is 4.68 Å². The van der Waals surface area contributed by atoms with Crippen LogP contribution in [0.25, 0.3) is 0 Å². The lowest BCUT2D eigenvalue weighted by molar-refractivity contribution is -0.130. The fourth-order valence-corrected chi connectivity index (χ4v) is 2.69. The lowest BCUT2D eigenvalue weighted by Crippen LogP contribution is -2.50. The summed E-state index contributed by atoms with van der Waals surface area (Å²) in [5, 5.41) is 4.35. The normalized spacial score (nSPS) is 27.5. The number of rotatable bonds is 6. The molecule has 2 rings (SSSR count). The average molecular weight is 297 g/mol. The summed E-state index contributed by atoms with van der Waals surface area (Å²) in [5.41, 5.74) is -0.151. The number of hydrogen-bond donors (Lipinski definition) is 0. The maximum atomic E-state index is 5.97. The lowest BCUT2D eigenvalue weighted by Gasteiger charge is -2.48. The van der Waals surface area contributed by atoms with Crippen molar-refractivity contribution in [3.63, 3.8) is 0 Å². The Morgan fingerprint density at radius 3 is 2.88 bits per heavy atom. The third kappa shape index (κ3) is 2.38. The smallest absolute Gasteiger partial charge is 0.0944 e. The Morgan fingerprint density at radius 1 is 1.59 bits per heavy atom. The van der Waals surface area contributed by atoms with Gasteiger partial charge in [-0.05, 0) is 35.2 Å². The van der Waals surface area contributed by atoms with Gasteiger partial charge in [0.1, 0.15) is 0 Å². The molecular formula is C13H17BrN2O. The largest absolute Gasteiger partial charge is 0.368 e. The second kappa shape index (κ2) is 5.19. The van der Waals surface area contributed by atoms with Crippen LogP contribution in [-0.2, 0) is 4.74 Å². The fraction of sp³-hybridized carbons (Fsp3) is 0.462. The molecule has 1 aromatic heterocycles. The fourth-order valence-electron chi connectivity index (χ4n) is 2.39. The standard InChI is InChI=1S/C13H17BrN2O/c1-3-6-13(17-8-4-2)7-5-12(13)16-10-11(14)9-15-16/h3-4,9-10,12H,1-2,5-8H2/t12-,13+/m1/s1. The summed E-state index contributed by atoms with van der Waals surface area (Å²) in [6, 6.07) is 0.298. The van der Waals surface area contributed by atoms with Crippen LogP contribution in [-0.4, -0.2) is 22.0 Å². The van der Waals surface area contributed by atoms with E-state index < -0.39 is 0 Å². The Bertz CT molecular complexity index is 415. The van der Waals surface area contributed by atoms with E-state index in [1.54, 1.807) is 6.08 Å². The van der Waals surface area contributed by atoms with E-state index in [0.717, 1.165) is 23.7 Å². The highest BCUT2D eigenvalue weighted by Gasteiger charge is 2.48. The van der Waals surface area contributed by atoms with Gasteiger partial charge in [-0.25, -0.2) is 0 Å². The molecule has 0 aliphatic heterocycles. The minimum Gasteiger partial charge on any atom is -0.368 e. The summed E-state index contributed by atoms with van der Waals surface area (Å²) in [6.07, 6.45) is 10.5. The molecule has 0 N–H and O–H groups in total. The number of aromatic nitrogens is 2. The second-order valence-electron chi connectivity index (χ2n) is 4.35. The first-order valence-corrected chi connectivity index (χ1v) is 6.56. The van der Waals surface area contributed by atoms with Crippen molar-refractivity contribution in [3.8, 4) is 0 Å². The van der Waals surface area contributed by atoms with Gasteiger partial charge < -0.3 is 4.74 Å². The summed E-state index contributed by atoms with van der Waals surface area (Å²) in [5.74, 6) is 0. The van der Waals surface area contributed by atoms with E-state index in [9.17, 15) is 0 Å². The van der Waals surface area contributed by atoms with E-state index >= 15 is 0 Å². The van der Waals surface area contributed by atoms with Gasteiger partial charge in [0.15, 0.2) is 0 Å². The maximum Gasteiger partial charge on any atom is 0.0944 e. The number of nitrogens with zero attached hydrogens (tertiary/aromatic N) is 2. The van der Waals surface area contributed by atoms with Crippen LogP contribution < -0.4 is 0 Å². The molecule has 2 atom stereocenters. The quantitative estimate of drug-likeness (QED) is 0.751. The summed E-state index contributed by atoms with van der Waals surface area (Å²) in [6.45, 7) is 8.10. The maximum absolute atomic E-state index is 5.97.